The van der Waals surface area contributed by atoms with E-state index in [4.69, 9.17) is 14.5 Å². The van der Waals surface area contributed by atoms with Crippen LogP contribution in [0.25, 0.3) is 17.0 Å². The van der Waals surface area contributed by atoms with Crippen LogP contribution in [0.1, 0.15) is 31.0 Å². The highest BCUT2D eigenvalue weighted by Crippen LogP contribution is 2.32. The first-order valence-electron chi connectivity index (χ1n) is 14.1. The maximum Gasteiger partial charge on any atom is 0.325 e. The zero-order valence-corrected chi connectivity index (χ0v) is 25.3. The molecule has 0 saturated heterocycles. The first-order valence-corrected chi connectivity index (χ1v) is 15.0. The van der Waals surface area contributed by atoms with E-state index >= 15 is 0 Å². The number of thiazole rings is 1. The predicted octanol–water partition coefficient (Wildman–Crippen LogP) is 4.40. The van der Waals surface area contributed by atoms with Crippen molar-refractivity contribution in [1.82, 2.24) is 9.13 Å². The monoisotopic (exact) mass is 606 g/mol. The van der Waals surface area contributed by atoms with Crippen molar-refractivity contribution in [2.24, 2.45) is 4.99 Å². The van der Waals surface area contributed by atoms with Crippen molar-refractivity contribution in [2.75, 3.05) is 19.0 Å². The van der Waals surface area contributed by atoms with Gasteiger partial charge in [0, 0.05) is 28.4 Å². The van der Waals surface area contributed by atoms with Gasteiger partial charge in [-0.15, -0.1) is 0 Å². The largest absolute Gasteiger partial charge is 0.497 e. The molecular formula is C34H30N4O5S. The van der Waals surface area contributed by atoms with Crippen LogP contribution in [-0.4, -0.2) is 34.7 Å². The van der Waals surface area contributed by atoms with Crippen molar-refractivity contribution in [2.45, 2.75) is 26.4 Å². The van der Waals surface area contributed by atoms with Crippen molar-refractivity contribution >= 4 is 45.9 Å². The first kappa shape index (κ1) is 28.9. The van der Waals surface area contributed by atoms with Gasteiger partial charge in [0.2, 0.25) is 0 Å². The zero-order chi connectivity index (χ0) is 30.8. The van der Waals surface area contributed by atoms with E-state index < -0.39 is 6.04 Å². The summed E-state index contributed by atoms with van der Waals surface area (Å²) in [6.45, 7) is 3.91. The first-order chi connectivity index (χ1) is 21.4. The van der Waals surface area contributed by atoms with Crippen molar-refractivity contribution in [3.05, 3.63) is 127 Å². The summed E-state index contributed by atoms with van der Waals surface area (Å²) in [5, 5.41) is 3.86. The van der Waals surface area contributed by atoms with E-state index in [1.165, 1.54) is 11.3 Å². The molecule has 0 unspecified atom stereocenters. The lowest BCUT2D eigenvalue weighted by Crippen LogP contribution is -2.40. The number of ether oxygens (including phenoxy) is 2. The molecule has 0 aliphatic carbocycles. The number of esters is 1. The fraction of sp³-hybridized carbons (Fsp3) is 0.176. The number of hydrogen-bond acceptors (Lipinski definition) is 7. The predicted molar refractivity (Wildman–Crippen MR) is 170 cm³/mol. The number of para-hydroxylation sites is 2. The second kappa shape index (κ2) is 12.2. The Kier molecular flexibility index (Phi) is 7.99. The smallest absolute Gasteiger partial charge is 0.325 e. The molecule has 0 fully saturated rings. The van der Waals surface area contributed by atoms with Gasteiger partial charge < -0.3 is 19.4 Å². The summed E-state index contributed by atoms with van der Waals surface area (Å²) in [6.07, 6.45) is 3.67. The molecule has 10 heteroatoms. The van der Waals surface area contributed by atoms with Gasteiger partial charge in [-0.05, 0) is 55.8 Å². The van der Waals surface area contributed by atoms with E-state index in [0.717, 1.165) is 22.0 Å². The molecule has 0 radical (unpaired) electrons. The van der Waals surface area contributed by atoms with Crippen LogP contribution in [0.3, 0.4) is 0 Å². The Morgan fingerprint density at radius 1 is 1.05 bits per heavy atom. The van der Waals surface area contributed by atoms with Crippen LogP contribution >= 0.6 is 11.3 Å². The second-order valence-corrected chi connectivity index (χ2v) is 11.2. The molecule has 5 aromatic rings. The Bertz CT molecular complexity index is 2110. The zero-order valence-electron chi connectivity index (χ0n) is 24.4. The molecule has 1 atom stereocenters. The van der Waals surface area contributed by atoms with Crippen LogP contribution in [0, 0.1) is 0 Å². The van der Waals surface area contributed by atoms with Gasteiger partial charge in [0.15, 0.2) is 4.80 Å². The Morgan fingerprint density at radius 2 is 1.82 bits per heavy atom. The van der Waals surface area contributed by atoms with Crippen LogP contribution < -0.4 is 24.9 Å². The maximum atomic E-state index is 14.2. The molecule has 6 rings (SSSR count). The molecule has 1 N–H and O–H groups in total. The standard InChI is InChI=1S/C34H30N4O5S/c1-4-43-29(39)20-37-19-23(26-15-8-9-16-27(26)37)18-28-33(41)38-31(22-11-10-14-25(17-22)42-3)30(21(2)35-34(38)44-28)32(40)36-24-12-6-5-7-13-24/h5-19,31H,4,20H2,1-3H3,(H,36,40)/b28-18-/t31-/m0/s1. The lowest BCUT2D eigenvalue weighted by Gasteiger charge is -2.25. The third kappa shape index (κ3) is 5.47. The van der Waals surface area contributed by atoms with E-state index in [-0.39, 0.29) is 24.0 Å². The van der Waals surface area contributed by atoms with E-state index in [1.807, 2.05) is 95.7 Å². The van der Waals surface area contributed by atoms with Gasteiger partial charge in [0.05, 0.1) is 35.6 Å². The number of carbonyl (C=O) groups excluding carboxylic acids is 2. The van der Waals surface area contributed by atoms with Gasteiger partial charge in [-0.1, -0.05) is 59.9 Å². The van der Waals surface area contributed by atoms with Gasteiger partial charge >= 0.3 is 5.97 Å². The van der Waals surface area contributed by atoms with E-state index in [1.54, 1.807) is 25.5 Å². The minimum atomic E-state index is -0.739. The highest BCUT2D eigenvalue weighted by molar-refractivity contribution is 7.07. The number of carbonyl (C=O) groups is 2. The number of fused-ring (bicyclic) bond motifs is 2. The third-order valence-electron chi connectivity index (χ3n) is 7.42. The number of nitrogens with one attached hydrogen (secondary N) is 1. The Balaban J connectivity index is 1.50. The summed E-state index contributed by atoms with van der Waals surface area (Å²) in [7, 11) is 1.58. The number of amides is 1. The molecule has 3 heterocycles. The van der Waals surface area contributed by atoms with Crippen molar-refractivity contribution in [3.63, 3.8) is 0 Å². The fourth-order valence-electron chi connectivity index (χ4n) is 5.47. The number of rotatable bonds is 8. The highest BCUT2D eigenvalue weighted by Gasteiger charge is 2.33. The van der Waals surface area contributed by atoms with Crippen LogP contribution in [0.4, 0.5) is 5.69 Å². The Labute approximate surface area is 257 Å². The minimum Gasteiger partial charge on any atom is -0.497 e. The minimum absolute atomic E-state index is 0.0539. The quantitative estimate of drug-likeness (QED) is 0.264. The lowest BCUT2D eigenvalue weighted by atomic mass is 9.95. The molecule has 0 spiro atoms. The molecular weight excluding hydrogens is 576 g/mol. The van der Waals surface area contributed by atoms with E-state index in [0.29, 0.717) is 38.6 Å². The lowest BCUT2D eigenvalue weighted by molar-refractivity contribution is -0.143. The van der Waals surface area contributed by atoms with Crippen molar-refractivity contribution in [1.29, 1.82) is 0 Å². The number of hydrogen-bond donors (Lipinski definition) is 1. The van der Waals surface area contributed by atoms with Crippen molar-refractivity contribution in [3.8, 4) is 5.75 Å². The molecule has 9 nitrogen and oxygen atoms in total. The number of anilines is 1. The number of nitrogens with zero attached hydrogens (tertiary/aromatic N) is 3. The van der Waals surface area contributed by atoms with E-state index in [2.05, 4.69) is 5.32 Å². The highest BCUT2D eigenvalue weighted by atomic mass is 32.1. The Hall–Kier alpha value is -5.22. The molecule has 222 valence electrons. The molecule has 1 aliphatic rings. The average molecular weight is 607 g/mol. The molecule has 44 heavy (non-hydrogen) atoms. The van der Waals surface area contributed by atoms with Crippen LogP contribution in [0.2, 0.25) is 0 Å². The summed E-state index contributed by atoms with van der Waals surface area (Å²) in [6, 6.07) is 23.5. The fourth-order valence-corrected chi connectivity index (χ4v) is 6.50. The normalized spacial score (nSPS) is 14.7. The van der Waals surface area contributed by atoms with Gasteiger partial charge in [0.1, 0.15) is 12.3 Å². The SMILES string of the molecule is CCOC(=O)Cn1cc(/C=c2\sc3n(c2=O)[C@@H](c2cccc(OC)c2)C(C(=O)Nc2ccccc2)=C(C)N=3)c2ccccc21. The summed E-state index contributed by atoms with van der Waals surface area (Å²) < 4.78 is 14.5. The van der Waals surface area contributed by atoms with Gasteiger partial charge in [-0.25, -0.2) is 4.99 Å². The van der Waals surface area contributed by atoms with Crippen molar-refractivity contribution < 1.29 is 19.1 Å². The van der Waals surface area contributed by atoms with Gasteiger partial charge in [-0.3, -0.25) is 19.0 Å². The number of methoxy groups -OCH3 is 1. The topological polar surface area (TPSA) is 104 Å². The summed E-state index contributed by atoms with van der Waals surface area (Å²) in [4.78, 5) is 45.5. The maximum absolute atomic E-state index is 14.2. The summed E-state index contributed by atoms with van der Waals surface area (Å²) in [5.74, 6) is -0.0765. The van der Waals surface area contributed by atoms with Gasteiger partial charge in [0.25, 0.3) is 11.5 Å². The molecule has 0 saturated carbocycles. The number of aromatic nitrogens is 2. The Morgan fingerprint density at radius 3 is 2.59 bits per heavy atom. The molecule has 0 bridgehead atoms. The molecule has 1 aliphatic heterocycles. The van der Waals surface area contributed by atoms with Crippen LogP contribution in [0.15, 0.2) is 106 Å². The van der Waals surface area contributed by atoms with Crippen LogP contribution in [0.5, 0.6) is 5.75 Å². The number of allylic oxidation sites excluding steroid dienone is 1. The average Bonchev–Trinajstić information content (AvgIpc) is 3.53. The molecule has 1 amide bonds. The summed E-state index contributed by atoms with van der Waals surface area (Å²) in [5.41, 5.74) is 3.60. The third-order valence-corrected chi connectivity index (χ3v) is 8.40. The second-order valence-electron chi connectivity index (χ2n) is 10.2. The van der Waals surface area contributed by atoms with Gasteiger partial charge in [-0.2, -0.15) is 0 Å². The van der Waals surface area contributed by atoms with E-state index in [9.17, 15) is 14.4 Å². The number of benzene rings is 3. The molecule has 3 aromatic carbocycles. The summed E-state index contributed by atoms with van der Waals surface area (Å²) >= 11 is 1.26. The van der Waals surface area contributed by atoms with Crippen LogP contribution in [-0.2, 0) is 20.9 Å². The molecule has 2 aromatic heterocycles.